The summed E-state index contributed by atoms with van der Waals surface area (Å²) in [4.78, 5) is 3.03. The van der Waals surface area contributed by atoms with E-state index in [-0.39, 0.29) is 11.1 Å². The lowest BCUT2D eigenvalue weighted by atomic mass is 10.0. The number of hydrogen-bond donors (Lipinski definition) is 0. The average molecular weight is 277 g/mol. The van der Waals surface area contributed by atoms with Gasteiger partial charge in [0, 0.05) is 11.8 Å². The van der Waals surface area contributed by atoms with Gasteiger partial charge in [0.25, 0.3) is 0 Å². The first-order valence-electron chi connectivity index (χ1n) is 4.96. The molecule has 7 heteroatoms. The van der Waals surface area contributed by atoms with Crippen LogP contribution in [0.1, 0.15) is 5.56 Å². The number of rotatable bonds is 1. The zero-order valence-electron chi connectivity index (χ0n) is 9.10. The molecule has 1 aromatic carbocycles. The van der Waals surface area contributed by atoms with E-state index < -0.39 is 29.3 Å². The van der Waals surface area contributed by atoms with Gasteiger partial charge < -0.3 is 0 Å². The maximum atomic E-state index is 13.1. The Morgan fingerprint density at radius 2 is 1.53 bits per heavy atom. The van der Waals surface area contributed by atoms with Gasteiger partial charge in [-0.3, -0.25) is 0 Å². The first-order valence-corrected chi connectivity index (χ1v) is 4.96. The Bertz CT molecular complexity index is 620. The Morgan fingerprint density at radius 3 is 2.11 bits per heavy atom. The van der Waals surface area contributed by atoms with E-state index in [1.54, 1.807) is 0 Å². The third-order valence-electron chi connectivity index (χ3n) is 2.35. The van der Waals surface area contributed by atoms with Crippen molar-refractivity contribution in [2.75, 3.05) is 0 Å². The molecule has 0 unspecified atom stereocenters. The topological polar surface area (TPSA) is 12.9 Å². The Labute approximate surface area is 103 Å². The van der Waals surface area contributed by atoms with Gasteiger partial charge in [0.2, 0.25) is 5.95 Å². The third-order valence-corrected chi connectivity index (χ3v) is 2.35. The maximum Gasteiger partial charge on any atom is 0.416 e. The number of nitrogens with zero attached hydrogens (tertiary/aromatic N) is 1. The molecule has 0 aliphatic heterocycles. The van der Waals surface area contributed by atoms with E-state index in [4.69, 9.17) is 0 Å². The van der Waals surface area contributed by atoms with Gasteiger partial charge in [0.1, 0.15) is 5.82 Å². The molecule has 0 bridgehead atoms. The van der Waals surface area contributed by atoms with Crippen molar-refractivity contribution < 1.29 is 26.3 Å². The lowest BCUT2D eigenvalue weighted by molar-refractivity contribution is -0.137. The summed E-state index contributed by atoms with van der Waals surface area (Å²) in [5.41, 5.74) is -1.60. The zero-order valence-corrected chi connectivity index (χ0v) is 9.10. The molecule has 0 radical (unpaired) electrons. The molecule has 0 saturated heterocycles. The highest BCUT2D eigenvalue weighted by atomic mass is 19.4. The van der Waals surface area contributed by atoms with Gasteiger partial charge in [0.05, 0.1) is 5.56 Å². The quantitative estimate of drug-likeness (QED) is 0.562. The van der Waals surface area contributed by atoms with Crippen LogP contribution in [0.4, 0.5) is 26.3 Å². The molecule has 19 heavy (non-hydrogen) atoms. The van der Waals surface area contributed by atoms with E-state index in [1.807, 2.05) is 0 Å². The van der Waals surface area contributed by atoms with Crippen molar-refractivity contribution in [3.8, 4) is 11.1 Å². The molecule has 0 atom stereocenters. The van der Waals surface area contributed by atoms with E-state index in [0.717, 1.165) is 12.3 Å². The van der Waals surface area contributed by atoms with Crippen molar-refractivity contribution in [1.29, 1.82) is 0 Å². The Morgan fingerprint density at radius 1 is 0.842 bits per heavy atom. The lowest BCUT2D eigenvalue weighted by Crippen LogP contribution is -2.05. The van der Waals surface area contributed by atoms with Gasteiger partial charge >= 0.3 is 6.18 Å². The van der Waals surface area contributed by atoms with Crippen LogP contribution < -0.4 is 0 Å². The summed E-state index contributed by atoms with van der Waals surface area (Å²) < 4.78 is 76.2. The minimum absolute atomic E-state index is 0.149. The van der Waals surface area contributed by atoms with Crippen LogP contribution in [-0.2, 0) is 6.18 Å². The molecule has 0 saturated carbocycles. The van der Waals surface area contributed by atoms with Gasteiger partial charge in [0.15, 0.2) is 5.82 Å². The lowest BCUT2D eigenvalue weighted by Gasteiger charge is -2.09. The average Bonchev–Trinajstić information content (AvgIpc) is 2.31. The van der Waals surface area contributed by atoms with Crippen LogP contribution in [0, 0.1) is 17.6 Å². The fourth-order valence-electron chi connectivity index (χ4n) is 1.50. The largest absolute Gasteiger partial charge is 0.416 e. The molecule has 0 amide bonds. The molecule has 0 fully saturated rings. The summed E-state index contributed by atoms with van der Waals surface area (Å²) in [6.07, 6.45) is -3.91. The standard InChI is InChI=1S/C12H5F6N/c13-9-2-6(1-8(4-9)12(16,17)18)7-3-10(14)11(15)19-5-7/h1-5H. The molecule has 0 N–H and O–H groups in total. The summed E-state index contributed by atoms with van der Waals surface area (Å²) in [5, 5.41) is 0. The number of alkyl halides is 3. The Kier molecular flexibility index (Phi) is 3.21. The van der Waals surface area contributed by atoms with Gasteiger partial charge in [-0.25, -0.2) is 13.8 Å². The molecule has 1 nitrogen and oxygen atoms in total. The van der Waals surface area contributed by atoms with E-state index in [2.05, 4.69) is 4.98 Å². The monoisotopic (exact) mass is 277 g/mol. The Balaban J connectivity index is 2.56. The van der Waals surface area contributed by atoms with Crippen LogP contribution in [-0.4, -0.2) is 4.98 Å². The summed E-state index contributed by atoms with van der Waals surface area (Å²) in [6.45, 7) is 0. The van der Waals surface area contributed by atoms with Crippen molar-refractivity contribution in [2.24, 2.45) is 0 Å². The van der Waals surface area contributed by atoms with Crippen LogP contribution in [0.5, 0.6) is 0 Å². The van der Waals surface area contributed by atoms with Crippen LogP contribution in [0.15, 0.2) is 30.5 Å². The number of pyridine rings is 1. The van der Waals surface area contributed by atoms with E-state index >= 15 is 0 Å². The summed E-state index contributed by atoms with van der Waals surface area (Å²) in [5.74, 6) is -3.83. The second-order valence-corrected chi connectivity index (χ2v) is 3.72. The smallest absolute Gasteiger partial charge is 0.225 e. The number of aromatic nitrogens is 1. The molecule has 2 rings (SSSR count). The summed E-state index contributed by atoms with van der Waals surface area (Å²) in [6, 6.07) is 2.38. The molecule has 0 aliphatic rings. The van der Waals surface area contributed by atoms with E-state index in [0.29, 0.717) is 18.2 Å². The van der Waals surface area contributed by atoms with E-state index in [1.165, 1.54) is 0 Å². The molecule has 2 aromatic rings. The highest BCUT2D eigenvalue weighted by Crippen LogP contribution is 2.33. The fourth-order valence-corrected chi connectivity index (χ4v) is 1.50. The fraction of sp³-hybridized carbons (Fsp3) is 0.0833. The molecule has 100 valence electrons. The minimum atomic E-state index is -4.73. The van der Waals surface area contributed by atoms with Gasteiger partial charge in [-0.1, -0.05) is 0 Å². The first-order chi connectivity index (χ1) is 8.77. The third kappa shape index (κ3) is 2.86. The zero-order chi connectivity index (χ0) is 14.2. The van der Waals surface area contributed by atoms with Crippen LogP contribution in [0.3, 0.4) is 0 Å². The predicted molar refractivity (Wildman–Crippen MR) is 54.5 cm³/mol. The minimum Gasteiger partial charge on any atom is -0.225 e. The molecular formula is C12H5F6N. The van der Waals surface area contributed by atoms with Crippen molar-refractivity contribution in [2.45, 2.75) is 6.18 Å². The van der Waals surface area contributed by atoms with Gasteiger partial charge in [-0.05, 0) is 29.8 Å². The first kappa shape index (κ1) is 13.4. The summed E-state index contributed by atoms with van der Waals surface area (Å²) >= 11 is 0. The molecule has 1 aromatic heterocycles. The van der Waals surface area contributed by atoms with Crippen molar-refractivity contribution in [3.05, 3.63) is 53.6 Å². The number of benzene rings is 1. The molecule has 0 aliphatic carbocycles. The normalized spacial score (nSPS) is 11.7. The van der Waals surface area contributed by atoms with Crippen LogP contribution in [0.25, 0.3) is 11.1 Å². The van der Waals surface area contributed by atoms with Gasteiger partial charge in [-0.2, -0.15) is 17.6 Å². The Hall–Kier alpha value is -2.05. The maximum absolute atomic E-state index is 13.1. The SMILES string of the molecule is Fc1cc(-c2cnc(F)c(F)c2)cc(C(F)(F)F)c1. The molecule has 0 spiro atoms. The van der Waals surface area contributed by atoms with E-state index in [9.17, 15) is 26.3 Å². The highest BCUT2D eigenvalue weighted by molar-refractivity contribution is 5.63. The van der Waals surface area contributed by atoms with Crippen molar-refractivity contribution in [1.82, 2.24) is 4.98 Å². The molecule has 1 heterocycles. The number of hydrogen-bond acceptors (Lipinski definition) is 1. The summed E-state index contributed by atoms with van der Waals surface area (Å²) in [7, 11) is 0. The second-order valence-electron chi connectivity index (χ2n) is 3.72. The van der Waals surface area contributed by atoms with Crippen molar-refractivity contribution in [3.63, 3.8) is 0 Å². The molecular weight excluding hydrogens is 272 g/mol. The highest BCUT2D eigenvalue weighted by Gasteiger charge is 2.31. The van der Waals surface area contributed by atoms with Crippen LogP contribution in [0.2, 0.25) is 0 Å². The van der Waals surface area contributed by atoms with Gasteiger partial charge in [-0.15, -0.1) is 0 Å². The second kappa shape index (κ2) is 4.56. The predicted octanol–water partition coefficient (Wildman–Crippen LogP) is 4.18. The van der Waals surface area contributed by atoms with Crippen molar-refractivity contribution >= 4 is 0 Å². The van der Waals surface area contributed by atoms with Crippen LogP contribution >= 0.6 is 0 Å². The number of halogens is 6.